The third-order valence-electron chi connectivity index (χ3n) is 3.82. The van der Waals surface area contributed by atoms with Gasteiger partial charge >= 0.3 is 5.97 Å². The van der Waals surface area contributed by atoms with Crippen molar-refractivity contribution < 1.29 is 19.1 Å². The molecule has 0 atom stereocenters. The first-order valence-corrected chi connectivity index (χ1v) is 8.08. The van der Waals surface area contributed by atoms with Crippen molar-refractivity contribution in [1.29, 1.82) is 0 Å². The number of ether oxygens (including phenoxy) is 1. The minimum Gasteiger partial charge on any atom is -0.469 e. The van der Waals surface area contributed by atoms with Crippen molar-refractivity contribution in [3.8, 4) is 0 Å². The number of hydrogen-bond donors (Lipinski definition) is 1. The highest BCUT2D eigenvalue weighted by atomic mass is 16.5. The van der Waals surface area contributed by atoms with Crippen LogP contribution < -0.4 is 5.32 Å². The minimum absolute atomic E-state index is 0.0198. The van der Waals surface area contributed by atoms with E-state index in [-0.39, 0.29) is 31.1 Å². The number of hydrogen-bond acceptors (Lipinski definition) is 4. The van der Waals surface area contributed by atoms with Gasteiger partial charge in [-0.05, 0) is 11.1 Å². The van der Waals surface area contributed by atoms with Gasteiger partial charge in [0.1, 0.15) is 0 Å². The molecule has 0 aliphatic heterocycles. The first-order chi connectivity index (χ1) is 12.1. The topological polar surface area (TPSA) is 72.5 Å². The van der Waals surface area contributed by atoms with E-state index < -0.39 is 11.9 Å². The van der Waals surface area contributed by atoms with Crippen molar-refractivity contribution in [1.82, 2.24) is 5.32 Å². The number of rotatable bonds is 8. The molecular formula is C20H21NO4. The van der Waals surface area contributed by atoms with Crippen molar-refractivity contribution in [2.24, 2.45) is 0 Å². The number of carbonyl (C=O) groups excluding carboxylic acids is 3. The zero-order chi connectivity index (χ0) is 18.1. The van der Waals surface area contributed by atoms with Crippen LogP contribution in [0.25, 0.3) is 0 Å². The van der Waals surface area contributed by atoms with Gasteiger partial charge in [-0.25, -0.2) is 0 Å². The molecule has 0 bridgehead atoms. The highest BCUT2D eigenvalue weighted by Gasteiger charge is 2.22. The molecule has 0 aliphatic rings. The molecule has 130 valence electrons. The standard InChI is InChI=1S/C20H21NO4/c1-25-18(23)13-12-17(22)14-21-20(24)19(15-8-4-2-5-9-15)16-10-6-3-7-11-16/h2-11,19H,12-14H2,1H3,(H,21,24). The lowest BCUT2D eigenvalue weighted by molar-refractivity contribution is -0.141. The number of esters is 1. The van der Waals surface area contributed by atoms with Gasteiger partial charge < -0.3 is 10.1 Å². The third-order valence-corrected chi connectivity index (χ3v) is 3.82. The normalized spacial score (nSPS) is 10.3. The SMILES string of the molecule is COC(=O)CCC(=O)CNC(=O)C(c1ccccc1)c1ccccc1. The summed E-state index contributed by atoms with van der Waals surface area (Å²) < 4.78 is 4.50. The van der Waals surface area contributed by atoms with Crippen LogP contribution in [0.5, 0.6) is 0 Å². The Morgan fingerprint density at radius 2 is 1.40 bits per heavy atom. The fraction of sp³-hybridized carbons (Fsp3) is 0.250. The number of amides is 1. The van der Waals surface area contributed by atoms with Gasteiger partial charge in [0.25, 0.3) is 0 Å². The zero-order valence-electron chi connectivity index (χ0n) is 14.1. The Morgan fingerprint density at radius 1 is 0.880 bits per heavy atom. The molecule has 0 unspecified atom stereocenters. The highest BCUT2D eigenvalue weighted by Crippen LogP contribution is 2.24. The molecule has 0 heterocycles. The molecule has 0 aliphatic carbocycles. The molecule has 1 N–H and O–H groups in total. The smallest absolute Gasteiger partial charge is 0.305 e. The summed E-state index contributed by atoms with van der Waals surface area (Å²) >= 11 is 0. The van der Waals surface area contributed by atoms with Gasteiger partial charge in [-0.2, -0.15) is 0 Å². The van der Waals surface area contributed by atoms with Gasteiger partial charge in [0, 0.05) is 6.42 Å². The van der Waals surface area contributed by atoms with E-state index in [1.807, 2.05) is 60.7 Å². The number of carbonyl (C=O) groups is 3. The highest BCUT2D eigenvalue weighted by molar-refractivity contribution is 5.92. The summed E-state index contributed by atoms with van der Waals surface area (Å²) in [6, 6.07) is 18.8. The summed E-state index contributed by atoms with van der Waals surface area (Å²) in [5.74, 6) is -1.38. The molecule has 0 spiro atoms. The molecule has 0 radical (unpaired) electrons. The van der Waals surface area contributed by atoms with Crippen LogP contribution in [-0.2, 0) is 19.1 Å². The van der Waals surface area contributed by atoms with E-state index in [1.165, 1.54) is 7.11 Å². The van der Waals surface area contributed by atoms with E-state index in [4.69, 9.17) is 0 Å². The Bertz CT molecular complexity index is 673. The third kappa shape index (κ3) is 5.57. The monoisotopic (exact) mass is 339 g/mol. The van der Waals surface area contributed by atoms with Crippen LogP contribution in [-0.4, -0.2) is 31.3 Å². The van der Waals surface area contributed by atoms with E-state index in [1.54, 1.807) is 0 Å². The van der Waals surface area contributed by atoms with Gasteiger partial charge in [-0.15, -0.1) is 0 Å². The van der Waals surface area contributed by atoms with Crippen LogP contribution in [0.4, 0.5) is 0 Å². The molecule has 0 fully saturated rings. The Kier molecular flexibility index (Phi) is 6.89. The summed E-state index contributed by atoms with van der Waals surface area (Å²) in [6.07, 6.45) is 0.0697. The molecule has 5 heteroatoms. The lowest BCUT2D eigenvalue weighted by Crippen LogP contribution is -2.34. The van der Waals surface area contributed by atoms with E-state index in [0.29, 0.717) is 0 Å². The average Bonchev–Trinajstić information content (AvgIpc) is 2.66. The summed E-state index contributed by atoms with van der Waals surface area (Å²) in [4.78, 5) is 35.6. The molecule has 2 rings (SSSR count). The maximum Gasteiger partial charge on any atom is 0.305 e. The molecule has 0 saturated heterocycles. The molecule has 0 saturated carbocycles. The van der Waals surface area contributed by atoms with E-state index in [9.17, 15) is 14.4 Å². The van der Waals surface area contributed by atoms with Crippen LogP contribution in [0.2, 0.25) is 0 Å². The molecule has 1 amide bonds. The Morgan fingerprint density at radius 3 is 1.88 bits per heavy atom. The molecule has 2 aromatic carbocycles. The minimum atomic E-state index is -0.490. The quantitative estimate of drug-likeness (QED) is 0.750. The largest absolute Gasteiger partial charge is 0.469 e. The van der Waals surface area contributed by atoms with E-state index >= 15 is 0 Å². The second-order valence-electron chi connectivity index (χ2n) is 5.59. The predicted octanol–water partition coefficient (Wildman–Crippen LogP) is 2.46. The fourth-order valence-corrected chi connectivity index (χ4v) is 2.51. The summed E-state index contributed by atoms with van der Waals surface area (Å²) in [5.41, 5.74) is 1.71. The lowest BCUT2D eigenvalue weighted by Gasteiger charge is -2.17. The molecule has 0 aromatic heterocycles. The first kappa shape index (κ1) is 18.4. The first-order valence-electron chi connectivity index (χ1n) is 8.08. The summed E-state index contributed by atoms with van der Waals surface area (Å²) in [7, 11) is 1.28. The van der Waals surface area contributed by atoms with Crippen LogP contribution in [0.1, 0.15) is 29.9 Å². The number of methoxy groups -OCH3 is 1. The second-order valence-corrected chi connectivity index (χ2v) is 5.59. The van der Waals surface area contributed by atoms with Crippen LogP contribution in [0, 0.1) is 0 Å². The fourth-order valence-electron chi connectivity index (χ4n) is 2.51. The van der Waals surface area contributed by atoms with Gasteiger partial charge in [0.15, 0.2) is 5.78 Å². The summed E-state index contributed by atoms with van der Waals surface area (Å²) in [5, 5.41) is 2.68. The van der Waals surface area contributed by atoms with Crippen molar-refractivity contribution >= 4 is 17.7 Å². The van der Waals surface area contributed by atoms with Gasteiger partial charge in [0.05, 0.1) is 26.0 Å². The maximum absolute atomic E-state index is 12.7. The van der Waals surface area contributed by atoms with E-state index in [0.717, 1.165) is 11.1 Å². The lowest BCUT2D eigenvalue weighted by atomic mass is 9.90. The van der Waals surface area contributed by atoms with Crippen LogP contribution >= 0.6 is 0 Å². The molecule has 25 heavy (non-hydrogen) atoms. The van der Waals surface area contributed by atoms with Crippen molar-refractivity contribution in [2.45, 2.75) is 18.8 Å². The van der Waals surface area contributed by atoms with Gasteiger partial charge in [-0.3, -0.25) is 14.4 Å². The van der Waals surface area contributed by atoms with Crippen LogP contribution in [0.3, 0.4) is 0 Å². The molecule has 2 aromatic rings. The van der Waals surface area contributed by atoms with Crippen molar-refractivity contribution in [3.05, 3.63) is 71.8 Å². The number of Topliss-reactive ketones (excluding diaryl/α,β-unsaturated/α-hetero) is 1. The second kappa shape index (κ2) is 9.37. The number of benzene rings is 2. The van der Waals surface area contributed by atoms with Gasteiger partial charge in [0.2, 0.25) is 5.91 Å². The van der Waals surface area contributed by atoms with Gasteiger partial charge in [-0.1, -0.05) is 60.7 Å². The Balaban J connectivity index is 2.04. The van der Waals surface area contributed by atoms with Crippen molar-refractivity contribution in [3.63, 3.8) is 0 Å². The van der Waals surface area contributed by atoms with Crippen LogP contribution in [0.15, 0.2) is 60.7 Å². The van der Waals surface area contributed by atoms with E-state index in [2.05, 4.69) is 10.1 Å². The zero-order valence-corrected chi connectivity index (χ0v) is 14.1. The predicted molar refractivity (Wildman–Crippen MR) is 94.0 cm³/mol. The van der Waals surface area contributed by atoms with Crippen molar-refractivity contribution in [2.75, 3.05) is 13.7 Å². The summed E-state index contributed by atoms with van der Waals surface area (Å²) in [6.45, 7) is -0.105. The number of nitrogens with one attached hydrogen (secondary N) is 1. The maximum atomic E-state index is 12.7. The Hall–Kier alpha value is -2.95. The molecular weight excluding hydrogens is 318 g/mol. The average molecular weight is 339 g/mol. The molecule has 5 nitrogen and oxygen atoms in total. The number of ketones is 1. The Labute approximate surface area is 147 Å².